The highest BCUT2D eigenvalue weighted by Gasteiger charge is 2.92. The molecule has 7 heterocycles. The van der Waals surface area contributed by atoms with Crippen LogP contribution in [0, 0.1) is 29.9 Å². The molecule has 2 aromatic heterocycles. The molecule has 0 radical (unpaired) electrons. The van der Waals surface area contributed by atoms with Crippen LogP contribution in [0.3, 0.4) is 0 Å². The maximum Gasteiger partial charge on any atom is 0.319 e. The minimum atomic E-state index is -2.62. The van der Waals surface area contributed by atoms with Crippen LogP contribution in [0.5, 0.6) is 6.01 Å². The summed E-state index contributed by atoms with van der Waals surface area (Å²) in [5.41, 5.74) is 0.587. The molecule has 0 amide bonds. The number of anilines is 1. The molecule has 1 N–H and O–H groups in total. The first kappa shape index (κ1) is 28.3. The first-order valence-corrected chi connectivity index (χ1v) is 17.6. The van der Waals surface area contributed by atoms with E-state index in [0.717, 1.165) is 56.3 Å². The number of hydrogen-bond acceptors (Lipinski definition) is 7. The smallest absolute Gasteiger partial charge is 0.319 e. The van der Waals surface area contributed by atoms with Gasteiger partial charge in [-0.3, -0.25) is 4.90 Å². The maximum atomic E-state index is 17.1. The van der Waals surface area contributed by atoms with Crippen LogP contribution in [0.4, 0.5) is 23.4 Å². The van der Waals surface area contributed by atoms with Crippen molar-refractivity contribution in [1.82, 2.24) is 25.2 Å². The lowest BCUT2D eigenvalue weighted by Gasteiger charge is -2.42. The van der Waals surface area contributed by atoms with Gasteiger partial charge in [-0.25, -0.2) is 22.5 Å². The highest BCUT2D eigenvalue weighted by atomic mass is 19.3. The van der Waals surface area contributed by atoms with Gasteiger partial charge in [0.1, 0.15) is 29.5 Å². The second-order valence-corrected chi connectivity index (χ2v) is 15.6. The van der Waals surface area contributed by atoms with Crippen molar-refractivity contribution in [3.8, 4) is 17.3 Å². The number of fused-ring (bicyclic) bond motifs is 9. The van der Waals surface area contributed by atoms with E-state index in [4.69, 9.17) is 19.7 Å². The molecule has 2 aliphatic carbocycles. The fourth-order valence-electron chi connectivity index (χ4n) is 11.3. The Balaban J connectivity index is 1.06. The predicted molar refractivity (Wildman–Crippen MR) is 172 cm³/mol. The molecule has 1 spiro atoms. The van der Waals surface area contributed by atoms with Crippen LogP contribution in [0.25, 0.3) is 32.9 Å². The zero-order valence-corrected chi connectivity index (χ0v) is 26.7. The molecule has 2 bridgehead atoms. The van der Waals surface area contributed by atoms with E-state index in [0.29, 0.717) is 52.6 Å². The Labute approximate surface area is 275 Å². The van der Waals surface area contributed by atoms with E-state index in [2.05, 4.69) is 15.1 Å². The number of alkyl halides is 2. The van der Waals surface area contributed by atoms with Gasteiger partial charge in [-0.15, -0.1) is 0 Å². The molecule has 5 aliphatic heterocycles. The summed E-state index contributed by atoms with van der Waals surface area (Å²) >= 11 is 0. The predicted octanol–water partition coefficient (Wildman–Crippen LogP) is 6.33. The number of rotatable bonds is 4. The summed E-state index contributed by atoms with van der Waals surface area (Å²) in [4.78, 5) is 19.4. The molecule has 11 rings (SSSR count). The van der Waals surface area contributed by atoms with Crippen LogP contribution >= 0.6 is 0 Å². The number of aromatic nitrogens is 3. The van der Waals surface area contributed by atoms with Gasteiger partial charge in [0, 0.05) is 42.7 Å². The Hall–Kier alpha value is -3.57. The summed E-state index contributed by atoms with van der Waals surface area (Å²) in [7, 11) is 0. The van der Waals surface area contributed by atoms with Crippen molar-refractivity contribution in [1.29, 1.82) is 0 Å². The van der Waals surface area contributed by atoms with E-state index in [1.165, 1.54) is 6.07 Å². The molecule has 11 heteroatoms. The summed E-state index contributed by atoms with van der Waals surface area (Å²) < 4.78 is 68.3. The summed E-state index contributed by atoms with van der Waals surface area (Å²) in [5, 5.41) is 5.81. The van der Waals surface area contributed by atoms with E-state index in [-0.39, 0.29) is 54.1 Å². The first-order valence-electron chi connectivity index (χ1n) is 17.6. The number of piperazine rings is 1. The fraction of sp³-hybridized carbons (Fsp3) is 0.541. The molecule has 2 saturated carbocycles. The Morgan fingerprint density at radius 1 is 1.04 bits per heavy atom. The van der Waals surface area contributed by atoms with E-state index in [9.17, 15) is 13.2 Å². The van der Waals surface area contributed by atoms with Crippen molar-refractivity contribution in [2.75, 3.05) is 24.6 Å². The SMILES string of the molecule is Cc1c(F)ccc2cccc(-c3nc4c5c(nc(OC[C@@]67CCCN6C6C8CC(F)(F)[C@@]86C7)nc5c3F)N3C[C@H]5CC[C@H](N5)[C@H]3CC4)c12. The lowest BCUT2D eigenvalue weighted by molar-refractivity contribution is -0.150. The number of nitrogens with one attached hydrogen (secondary N) is 1. The third-order valence-electron chi connectivity index (χ3n) is 13.5. The fourth-order valence-corrected chi connectivity index (χ4v) is 11.3. The van der Waals surface area contributed by atoms with Crippen molar-refractivity contribution in [2.45, 2.75) is 93.9 Å². The summed E-state index contributed by atoms with van der Waals surface area (Å²) in [6.07, 6.45) is 5.76. The van der Waals surface area contributed by atoms with Crippen molar-refractivity contribution in [2.24, 2.45) is 11.3 Å². The molecule has 248 valence electrons. The van der Waals surface area contributed by atoms with Gasteiger partial charge in [0.05, 0.1) is 22.0 Å². The van der Waals surface area contributed by atoms with E-state index in [1.807, 2.05) is 12.1 Å². The number of halogens is 4. The van der Waals surface area contributed by atoms with Gasteiger partial charge in [-0.05, 0) is 86.7 Å². The highest BCUT2D eigenvalue weighted by Crippen LogP contribution is 2.84. The Morgan fingerprint density at radius 3 is 2.81 bits per heavy atom. The minimum Gasteiger partial charge on any atom is -0.461 e. The Kier molecular flexibility index (Phi) is 5.39. The van der Waals surface area contributed by atoms with Crippen LogP contribution in [-0.2, 0) is 6.42 Å². The van der Waals surface area contributed by atoms with Gasteiger partial charge in [0.15, 0.2) is 5.82 Å². The Bertz CT molecular complexity index is 2090. The molecule has 7 nitrogen and oxygen atoms in total. The molecular formula is C37H36F4N6O. The number of hydrogen-bond donors (Lipinski definition) is 1. The first-order chi connectivity index (χ1) is 23.2. The van der Waals surface area contributed by atoms with Gasteiger partial charge in [0.25, 0.3) is 5.92 Å². The summed E-state index contributed by atoms with van der Waals surface area (Å²) in [6, 6.07) is 9.46. The second kappa shape index (κ2) is 9.15. The number of benzene rings is 2. The third-order valence-corrected chi connectivity index (χ3v) is 13.5. The van der Waals surface area contributed by atoms with Crippen molar-refractivity contribution in [3.05, 3.63) is 53.2 Å². The lowest BCUT2D eigenvalue weighted by atomic mass is 9.72. The topological polar surface area (TPSA) is 66.4 Å². The van der Waals surface area contributed by atoms with Crippen LogP contribution in [-0.4, -0.2) is 75.2 Å². The molecule has 7 aliphatic rings. The van der Waals surface area contributed by atoms with Crippen LogP contribution < -0.4 is 15.0 Å². The second-order valence-electron chi connectivity index (χ2n) is 15.6. The molecular weight excluding hydrogens is 620 g/mol. The maximum absolute atomic E-state index is 17.1. The normalized spacial score (nSPS) is 35.2. The molecule has 48 heavy (non-hydrogen) atoms. The quantitative estimate of drug-likeness (QED) is 0.258. The molecule has 7 atom stereocenters. The van der Waals surface area contributed by atoms with Gasteiger partial charge >= 0.3 is 6.01 Å². The number of pyridine rings is 1. The highest BCUT2D eigenvalue weighted by molar-refractivity contribution is 6.01. The van der Waals surface area contributed by atoms with Crippen molar-refractivity contribution >= 4 is 27.5 Å². The van der Waals surface area contributed by atoms with Crippen LogP contribution in [0.2, 0.25) is 0 Å². The number of piperidine rings is 1. The molecule has 4 saturated heterocycles. The molecule has 6 fully saturated rings. The lowest BCUT2D eigenvalue weighted by Crippen LogP contribution is -2.58. The average molecular weight is 657 g/mol. The van der Waals surface area contributed by atoms with Crippen LogP contribution in [0.15, 0.2) is 30.3 Å². The summed E-state index contributed by atoms with van der Waals surface area (Å²) in [6.45, 7) is 3.45. The van der Waals surface area contributed by atoms with Crippen molar-refractivity contribution in [3.63, 3.8) is 0 Å². The molecule has 2 unspecified atom stereocenters. The molecule has 2 aromatic carbocycles. The van der Waals surface area contributed by atoms with Crippen LogP contribution in [0.1, 0.15) is 56.2 Å². The summed E-state index contributed by atoms with van der Waals surface area (Å²) in [5.74, 6) is -2.83. The Morgan fingerprint density at radius 2 is 1.94 bits per heavy atom. The number of nitrogens with zero attached hydrogens (tertiary/aromatic N) is 5. The average Bonchev–Trinajstić information content (AvgIpc) is 3.40. The molecule has 4 aromatic rings. The van der Waals surface area contributed by atoms with Gasteiger partial charge in [0.2, 0.25) is 0 Å². The largest absolute Gasteiger partial charge is 0.461 e. The van der Waals surface area contributed by atoms with Gasteiger partial charge in [-0.1, -0.05) is 24.3 Å². The van der Waals surface area contributed by atoms with E-state index in [1.54, 1.807) is 19.1 Å². The number of aryl methyl sites for hydroxylation is 2. The standard InChI is InChI=1S/C37H36F4N6O/c1-18-23(38)8-6-19-4-2-5-21(27(18)19)30-29(39)31-28-25(43-30)10-11-26-24-9-7-20(42-24)15-46(26)33(28)45-34(44-31)48-17-35-12-3-13-47(35)32-22-14-37(40,41)36(22,32)16-35/h2,4-6,8,20,22,24,26,32,42H,3,7,9-17H2,1H3/t20-,22?,24+,26-,32?,35+,36+/m1/s1. The van der Waals surface area contributed by atoms with E-state index < -0.39 is 22.7 Å². The monoisotopic (exact) mass is 656 g/mol. The zero-order chi connectivity index (χ0) is 32.3. The zero-order valence-electron chi connectivity index (χ0n) is 26.7. The van der Waals surface area contributed by atoms with Gasteiger partial charge in [-0.2, -0.15) is 9.97 Å². The minimum absolute atomic E-state index is 0.00303. The van der Waals surface area contributed by atoms with Crippen molar-refractivity contribution < 1.29 is 22.3 Å². The third kappa shape index (κ3) is 3.40. The van der Waals surface area contributed by atoms with E-state index >= 15 is 4.39 Å². The van der Waals surface area contributed by atoms with Gasteiger partial charge < -0.3 is 15.0 Å². The number of ether oxygens (including phenoxy) is 1.